The molecule has 0 aliphatic rings. The maximum absolute atomic E-state index is 13.6. The average Bonchev–Trinajstić information content (AvgIpc) is 2.87. The van der Waals surface area contributed by atoms with Crippen LogP contribution in [0.15, 0.2) is 83.8 Å². The van der Waals surface area contributed by atoms with Crippen LogP contribution in [0, 0.1) is 0 Å². The highest BCUT2D eigenvalue weighted by Gasteiger charge is 2.30. The molecule has 2 amide bonds. The molecular formula is C28H30Cl2N2O2S. The van der Waals surface area contributed by atoms with Crippen molar-refractivity contribution in [3.63, 3.8) is 0 Å². The number of hydrogen-bond acceptors (Lipinski definition) is 3. The molecule has 184 valence electrons. The topological polar surface area (TPSA) is 49.4 Å². The first-order valence-corrected chi connectivity index (χ1v) is 13.4. The number of unbranched alkanes of at least 4 members (excludes halogenated alkanes) is 1. The molecule has 0 aliphatic carbocycles. The maximum atomic E-state index is 13.6. The van der Waals surface area contributed by atoms with E-state index in [0.29, 0.717) is 29.6 Å². The number of nitrogens with one attached hydrogen (secondary N) is 1. The molecule has 4 nitrogen and oxygen atoms in total. The monoisotopic (exact) mass is 528 g/mol. The zero-order valence-electron chi connectivity index (χ0n) is 19.8. The Hall–Kier alpha value is -2.47. The Kier molecular flexibility index (Phi) is 11.0. The summed E-state index contributed by atoms with van der Waals surface area (Å²) in [6.07, 6.45) is 2.31. The molecule has 0 spiro atoms. The van der Waals surface area contributed by atoms with E-state index in [0.717, 1.165) is 28.9 Å². The molecule has 1 atom stereocenters. The first kappa shape index (κ1) is 27.1. The van der Waals surface area contributed by atoms with Crippen molar-refractivity contribution in [1.82, 2.24) is 10.2 Å². The Bertz CT molecular complexity index is 1080. The standard InChI is InChI=1S/C28H30Cl2N2O2S/c1-2-3-17-31-28(34)26(18-21-7-5-4-6-8-21)32(19-22-9-11-23(29)12-10-22)27(33)20-35-25-15-13-24(30)14-16-25/h4-16,26H,2-3,17-20H2,1H3,(H,31,34)/t26-/m1/s1. The van der Waals surface area contributed by atoms with Gasteiger partial charge in [0.25, 0.3) is 0 Å². The van der Waals surface area contributed by atoms with Gasteiger partial charge in [-0.1, -0.05) is 79.0 Å². The third-order valence-electron chi connectivity index (χ3n) is 5.54. The van der Waals surface area contributed by atoms with Crippen LogP contribution in [0.1, 0.15) is 30.9 Å². The average molecular weight is 530 g/mol. The predicted octanol–water partition coefficient (Wildman–Crippen LogP) is 6.64. The summed E-state index contributed by atoms with van der Waals surface area (Å²) in [4.78, 5) is 29.6. The van der Waals surface area contributed by atoms with Crippen LogP contribution in [-0.4, -0.2) is 35.1 Å². The second-order valence-corrected chi connectivity index (χ2v) is 10.2. The first-order valence-electron chi connectivity index (χ1n) is 11.7. The summed E-state index contributed by atoms with van der Waals surface area (Å²) in [5, 5.41) is 4.32. The molecule has 0 fully saturated rings. The number of carbonyl (C=O) groups is 2. The van der Waals surface area contributed by atoms with Gasteiger partial charge in [-0.3, -0.25) is 9.59 Å². The quantitative estimate of drug-likeness (QED) is 0.211. The molecule has 0 radical (unpaired) electrons. The Labute approximate surface area is 222 Å². The van der Waals surface area contributed by atoms with Crippen molar-refractivity contribution in [2.75, 3.05) is 12.3 Å². The van der Waals surface area contributed by atoms with E-state index < -0.39 is 6.04 Å². The molecule has 3 aromatic rings. The van der Waals surface area contributed by atoms with E-state index in [1.54, 1.807) is 29.2 Å². The van der Waals surface area contributed by atoms with Crippen LogP contribution < -0.4 is 5.32 Å². The number of amides is 2. The number of nitrogens with zero attached hydrogens (tertiary/aromatic N) is 1. The van der Waals surface area contributed by atoms with Gasteiger partial charge in [0, 0.05) is 34.5 Å². The van der Waals surface area contributed by atoms with Crippen LogP contribution in [0.25, 0.3) is 0 Å². The minimum Gasteiger partial charge on any atom is -0.354 e. The highest BCUT2D eigenvalue weighted by Crippen LogP contribution is 2.23. The molecular weight excluding hydrogens is 499 g/mol. The van der Waals surface area contributed by atoms with Crippen LogP contribution in [0.3, 0.4) is 0 Å². The van der Waals surface area contributed by atoms with Crippen molar-refractivity contribution in [2.45, 2.75) is 43.7 Å². The van der Waals surface area contributed by atoms with Gasteiger partial charge < -0.3 is 10.2 Å². The van der Waals surface area contributed by atoms with Crippen LogP contribution in [-0.2, 0) is 22.6 Å². The highest BCUT2D eigenvalue weighted by molar-refractivity contribution is 8.00. The Morgan fingerprint density at radius 2 is 1.51 bits per heavy atom. The van der Waals surface area contributed by atoms with E-state index in [2.05, 4.69) is 12.2 Å². The fraction of sp³-hybridized carbons (Fsp3) is 0.286. The summed E-state index contributed by atoms with van der Waals surface area (Å²) < 4.78 is 0. The molecule has 1 N–H and O–H groups in total. The molecule has 3 aromatic carbocycles. The third kappa shape index (κ3) is 8.92. The second kappa shape index (κ2) is 14.2. The fourth-order valence-electron chi connectivity index (χ4n) is 3.61. The van der Waals surface area contributed by atoms with Crippen LogP contribution >= 0.6 is 35.0 Å². The number of halogens is 2. The van der Waals surface area contributed by atoms with Crippen LogP contribution in [0.5, 0.6) is 0 Å². The van der Waals surface area contributed by atoms with Gasteiger partial charge in [-0.05, 0) is 53.9 Å². The smallest absolute Gasteiger partial charge is 0.243 e. The zero-order valence-corrected chi connectivity index (χ0v) is 22.1. The van der Waals surface area contributed by atoms with Crippen molar-refractivity contribution in [1.29, 1.82) is 0 Å². The number of rotatable bonds is 12. The zero-order chi connectivity index (χ0) is 25.0. The molecule has 0 aliphatic heterocycles. The van der Waals surface area contributed by atoms with Gasteiger partial charge in [0.2, 0.25) is 11.8 Å². The Morgan fingerprint density at radius 3 is 2.14 bits per heavy atom. The Morgan fingerprint density at radius 1 is 0.886 bits per heavy atom. The van der Waals surface area contributed by atoms with Crippen molar-refractivity contribution >= 4 is 46.8 Å². The molecule has 0 unspecified atom stereocenters. The molecule has 0 bridgehead atoms. The number of hydrogen-bond donors (Lipinski definition) is 1. The van der Waals surface area contributed by atoms with Gasteiger partial charge in [0.05, 0.1) is 5.75 Å². The van der Waals surface area contributed by atoms with Gasteiger partial charge in [-0.15, -0.1) is 11.8 Å². The van der Waals surface area contributed by atoms with E-state index in [4.69, 9.17) is 23.2 Å². The van der Waals surface area contributed by atoms with E-state index >= 15 is 0 Å². The maximum Gasteiger partial charge on any atom is 0.243 e. The number of thioether (sulfide) groups is 1. The third-order valence-corrected chi connectivity index (χ3v) is 7.04. The SMILES string of the molecule is CCCCNC(=O)[C@@H](Cc1ccccc1)N(Cc1ccc(Cl)cc1)C(=O)CSc1ccc(Cl)cc1. The molecule has 0 saturated heterocycles. The van der Waals surface area contributed by atoms with Gasteiger partial charge in [0.1, 0.15) is 6.04 Å². The van der Waals surface area contributed by atoms with Gasteiger partial charge in [-0.2, -0.15) is 0 Å². The number of benzene rings is 3. The van der Waals surface area contributed by atoms with Crippen LogP contribution in [0.4, 0.5) is 0 Å². The predicted molar refractivity (Wildman–Crippen MR) is 146 cm³/mol. The molecule has 3 rings (SSSR count). The van der Waals surface area contributed by atoms with Gasteiger partial charge >= 0.3 is 0 Å². The lowest BCUT2D eigenvalue weighted by molar-refractivity contribution is -0.139. The van der Waals surface area contributed by atoms with Crippen molar-refractivity contribution in [2.24, 2.45) is 0 Å². The number of carbonyl (C=O) groups excluding carboxylic acids is 2. The largest absolute Gasteiger partial charge is 0.354 e. The summed E-state index contributed by atoms with van der Waals surface area (Å²) in [6, 6.07) is 24.0. The summed E-state index contributed by atoms with van der Waals surface area (Å²) >= 11 is 13.5. The molecule has 0 aromatic heterocycles. The summed E-state index contributed by atoms with van der Waals surface area (Å²) in [6.45, 7) is 2.98. The van der Waals surface area contributed by atoms with E-state index in [1.165, 1.54) is 11.8 Å². The van der Waals surface area contributed by atoms with Crippen LogP contribution in [0.2, 0.25) is 10.0 Å². The van der Waals surface area contributed by atoms with Crippen molar-refractivity contribution < 1.29 is 9.59 Å². The fourth-order valence-corrected chi connectivity index (χ4v) is 4.64. The Balaban J connectivity index is 1.86. The molecule has 0 saturated carbocycles. The molecule has 35 heavy (non-hydrogen) atoms. The normalized spacial score (nSPS) is 11.6. The van der Waals surface area contributed by atoms with E-state index in [1.807, 2.05) is 54.6 Å². The lowest BCUT2D eigenvalue weighted by Crippen LogP contribution is -2.51. The molecule has 0 heterocycles. The second-order valence-electron chi connectivity index (χ2n) is 8.24. The lowest BCUT2D eigenvalue weighted by Gasteiger charge is -2.31. The first-order chi connectivity index (χ1) is 17.0. The summed E-state index contributed by atoms with van der Waals surface area (Å²) in [5.74, 6) is -0.0319. The summed E-state index contributed by atoms with van der Waals surface area (Å²) in [5.41, 5.74) is 1.92. The van der Waals surface area contributed by atoms with Crippen molar-refractivity contribution in [3.8, 4) is 0 Å². The highest BCUT2D eigenvalue weighted by atomic mass is 35.5. The lowest BCUT2D eigenvalue weighted by atomic mass is 10.0. The minimum absolute atomic E-state index is 0.105. The minimum atomic E-state index is -0.636. The van der Waals surface area contributed by atoms with Gasteiger partial charge in [0.15, 0.2) is 0 Å². The van der Waals surface area contributed by atoms with E-state index in [9.17, 15) is 9.59 Å². The van der Waals surface area contributed by atoms with E-state index in [-0.39, 0.29) is 17.6 Å². The van der Waals surface area contributed by atoms with Gasteiger partial charge in [-0.25, -0.2) is 0 Å². The summed E-state index contributed by atoms with van der Waals surface area (Å²) in [7, 11) is 0. The molecule has 7 heteroatoms. The van der Waals surface area contributed by atoms with Crippen molar-refractivity contribution in [3.05, 3.63) is 100 Å².